The van der Waals surface area contributed by atoms with Gasteiger partial charge in [0.25, 0.3) is 11.5 Å². The smallest absolute Gasteiger partial charge is 0.258 e. The lowest BCUT2D eigenvalue weighted by Gasteiger charge is -2.20. The standard InChI is InChI=1S/C20H28N2O4/c1-6-8-9-10-21(3)19(23)16-13-22(7-2)20(24)15-12-18(26-5)17(25-4)11-14(15)16/h11-13H,6-10H2,1-5H3. The van der Waals surface area contributed by atoms with Gasteiger partial charge in [0.15, 0.2) is 11.5 Å². The third-order valence-corrected chi connectivity index (χ3v) is 4.60. The average molecular weight is 360 g/mol. The summed E-state index contributed by atoms with van der Waals surface area (Å²) in [5, 5.41) is 1.04. The van der Waals surface area contributed by atoms with E-state index in [9.17, 15) is 9.59 Å². The van der Waals surface area contributed by atoms with Crippen LogP contribution in [0.25, 0.3) is 10.8 Å². The second-order valence-electron chi connectivity index (χ2n) is 6.32. The van der Waals surface area contributed by atoms with Crippen molar-refractivity contribution in [2.75, 3.05) is 27.8 Å². The van der Waals surface area contributed by atoms with E-state index >= 15 is 0 Å². The molecule has 142 valence electrons. The second-order valence-corrected chi connectivity index (χ2v) is 6.32. The lowest BCUT2D eigenvalue weighted by Crippen LogP contribution is -2.30. The average Bonchev–Trinajstić information content (AvgIpc) is 2.66. The van der Waals surface area contributed by atoms with E-state index in [0.29, 0.717) is 40.9 Å². The van der Waals surface area contributed by atoms with Gasteiger partial charge in [-0.05, 0) is 25.5 Å². The quantitative estimate of drug-likeness (QED) is 0.678. The zero-order valence-electron chi connectivity index (χ0n) is 16.3. The predicted molar refractivity (Wildman–Crippen MR) is 103 cm³/mol. The molecule has 0 saturated carbocycles. The number of unbranched alkanes of at least 4 members (excludes halogenated alkanes) is 2. The van der Waals surface area contributed by atoms with Crippen LogP contribution in [0.15, 0.2) is 23.1 Å². The molecule has 0 aliphatic carbocycles. The summed E-state index contributed by atoms with van der Waals surface area (Å²) in [5.41, 5.74) is 0.357. The molecule has 0 aliphatic heterocycles. The van der Waals surface area contributed by atoms with Crippen LogP contribution >= 0.6 is 0 Å². The van der Waals surface area contributed by atoms with Crippen LogP contribution in [-0.2, 0) is 6.54 Å². The van der Waals surface area contributed by atoms with Crippen LogP contribution in [0.2, 0.25) is 0 Å². The Balaban J connectivity index is 2.62. The van der Waals surface area contributed by atoms with Crippen LogP contribution < -0.4 is 15.0 Å². The van der Waals surface area contributed by atoms with Crippen molar-refractivity contribution < 1.29 is 14.3 Å². The molecule has 0 spiro atoms. The number of pyridine rings is 1. The highest BCUT2D eigenvalue weighted by Crippen LogP contribution is 2.32. The van der Waals surface area contributed by atoms with Crippen molar-refractivity contribution >= 4 is 16.7 Å². The molecule has 2 aromatic rings. The number of carbonyl (C=O) groups is 1. The fourth-order valence-electron chi connectivity index (χ4n) is 3.03. The Hall–Kier alpha value is -2.50. The first-order valence-corrected chi connectivity index (χ1v) is 9.03. The Kier molecular flexibility index (Phi) is 6.66. The minimum Gasteiger partial charge on any atom is -0.493 e. The van der Waals surface area contributed by atoms with E-state index < -0.39 is 0 Å². The number of hydrogen-bond donors (Lipinski definition) is 0. The summed E-state index contributed by atoms with van der Waals surface area (Å²) >= 11 is 0. The summed E-state index contributed by atoms with van der Waals surface area (Å²) in [5.74, 6) is 0.873. The molecule has 6 nitrogen and oxygen atoms in total. The van der Waals surface area contributed by atoms with E-state index in [-0.39, 0.29) is 11.5 Å². The van der Waals surface area contributed by atoms with Gasteiger partial charge in [0.1, 0.15) is 0 Å². The number of fused-ring (bicyclic) bond motifs is 1. The largest absolute Gasteiger partial charge is 0.493 e. The zero-order valence-corrected chi connectivity index (χ0v) is 16.3. The van der Waals surface area contributed by atoms with Crippen LogP contribution in [0.3, 0.4) is 0 Å². The van der Waals surface area contributed by atoms with E-state index in [1.807, 2.05) is 6.92 Å². The molecule has 0 bridgehead atoms. The Morgan fingerprint density at radius 1 is 1.08 bits per heavy atom. The highest BCUT2D eigenvalue weighted by molar-refractivity contribution is 6.07. The molecule has 0 radical (unpaired) electrons. The van der Waals surface area contributed by atoms with Crippen LogP contribution in [0.4, 0.5) is 0 Å². The van der Waals surface area contributed by atoms with Crippen molar-refractivity contribution in [1.82, 2.24) is 9.47 Å². The van der Waals surface area contributed by atoms with Crippen LogP contribution in [0.5, 0.6) is 11.5 Å². The number of benzene rings is 1. The number of ether oxygens (including phenoxy) is 2. The Bertz CT molecular complexity index is 842. The topological polar surface area (TPSA) is 60.8 Å². The molecule has 0 N–H and O–H groups in total. The van der Waals surface area contributed by atoms with Crippen LogP contribution in [0.1, 0.15) is 43.5 Å². The molecule has 1 heterocycles. The Labute approximate surface area is 154 Å². The third-order valence-electron chi connectivity index (χ3n) is 4.60. The van der Waals surface area contributed by atoms with Crippen molar-refractivity contribution in [3.05, 3.63) is 34.2 Å². The van der Waals surface area contributed by atoms with Crippen molar-refractivity contribution in [1.29, 1.82) is 0 Å². The van der Waals surface area contributed by atoms with Crippen LogP contribution in [0, 0.1) is 0 Å². The van der Waals surface area contributed by atoms with E-state index in [0.717, 1.165) is 19.3 Å². The van der Waals surface area contributed by atoms with Gasteiger partial charge in [-0.1, -0.05) is 19.8 Å². The number of nitrogens with zero attached hydrogens (tertiary/aromatic N) is 2. The molecular formula is C20H28N2O4. The zero-order chi connectivity index (χ0) is 19.3. The molecule has 1 aromatic carbocycles. The van der Waals surface area contributed by atoms with E-state index in [1.54, 1.807) is 34.8 Å². The number of amides is 1. The van der Waals surface area contributed by atoms with Crippen molar-refractivity contribution in [2.45, 2.75) is 39.7 Å². The third kappa shape index (κ3) is 3.84. The van der Waals surface area contributed by atoms with Crippen molar-refractivity contribution in [3.8, 4) is 11.5 Å². The number of aryl methyl sites for hydroxylation is 1. The molecular weight excluding hydrogens is 332 g/mol. The van der Waals surface area contributed by atoms with Gasteiger partial charge in [-0.3, -0.25) is 9.59 Å². The molecule has 0 saturated heterocycles. The van der Waals surface area contributed by atoms with Gasteiger partial charge in [-0.2, -0.15) is 0 Å². The van der Waals surface area contributed by atoms with Crippen molar-refractivity contribution in [2.24, 2.45) is 0 Å². The maximum Gasteiger partial charge on any atom is 0.258 e. The van der Waals surface area contributed by atoms with Gasteiger partial charge in [0, 0.05) is 31.7 Å². The minimum atomic E-state index is -0.145. The number of rotatable bonds is 8. The molecule has 0 aliphatic rings. The first-order chi connectivity index (χ1) is 12.5. The lowest BCUT2D eigenvalue weighted by atomic mass is 10.0. The summed E-state index contributed by atoms with van der Waals surface area (Å²) in [6.07, 6.45) is 4.79. The van der Waals surface area contributed by atoms with Gasteiger partial charge in [0.05, 0.1) is 25.2 Å². The summed E-state index contributed by atoms with van der Waals surface area (Å²) in [6.45, 7) is 5.19. The van der Waals surface area contributed by atoms with Gasteiger partial charge < -0.3 is 18.9 Å². The molecule has 0 fully saturated rings. The predicted octanol–water partition coefficient (Wildman–Crippen LogP) is 3.30. The Morgan fingerprint density at radius 2 is 1.69 bits per heavy atom. The number of hydrogen-bond acceptors (Lipinski definition) is 4. The maximum atomic E-state index is 13.0. The fraction of sp³-hybridized carbons (Fsp3) is 0.500. The molecule has 1 aromatic heterocycles. The van der Waals surface area contributed by atoms with E-state index in [1.165, 1.54) is 14.2 Å². The van der Waals surface area contributed by atoms with Crippen LogP contribution in [-0.4, -0.2) is 43.2 Å². The summed E-state index contributed by atoms with van der Waals surface area (Å²) < 4.78 is 12.2. The lowest BCUT2D eigenvalue weighted by molar-refractivity contribution is 0.0793. The first-order valence-electron chi connectivity index (χ1n) is 9.03. The van der Waals surface area contributed by atoms with Crippen molar-refractivity contribution in [3.63, 3.8) is 0 Å². The summed E-state index contributed by atoms with van der Waals surface area (Å²) in [6, 6.07) is 3.36. The van der Waals surface area contributed by atoms with E-state index in [2.05, 4.69) is 6.92 Å². The fourth-order valence-corrected chi connectivity index (χ4v) is 3.03. The Morgan fingerprint density at radius 3 is 2.23 bits per heavy atom. The first kappa shape index (κ1) is 19.8. The number of methoxy groups -OCH3 is 2. The highest BCUT2D eigenvalue weighted by Gasteiger charge is 2.20. The minimum absolute atomic E-state index is 0.0967. The van der Waals surface area contributed by atoms with Gasteiger partial charge in [-0.15, -0.1) is 0 Å². The number of aromatic nitrogens is 1. The number of carbonyl (C=O) groups excluding carboxylic acids is 1. The molecule has 6 heteroatoms. The molecule has 1 amide bonds. The van der Waals surface area contributed by atoms with Gasteiger partial charge in [0.2, 0.25) is 0 Å². The molecule has 2 rings (SSSR count). The normalized spacial score (nSPS) is 10.8. The van der Waals surface area contributed by atoms with Gasteiger partial charge >= 0.3 is 0 Å². The van der Waals surface area contributed by atoms with Gasteiger partial charge in [-0.25, -0.2) is 0 Å². The maximum absolute atomic E-state index is 13.0. The monoisotopic (exact) mass is 360 g/mol. The molecule has 26 heavy (non-hydrogen) atoms. The summed E-state index contributed by atoms with van der Waals surface area (Å²) in [4.78, 5) is 27.5. The molecule has 0 unspecified atom stereocenters. The second kappa shape index (κ2) is 8.74. The van der Waals surface area contributed by atoms with E-state index in [4.69, 9.17) is 9.47 Å². The highest BCUT2D eigenvalue weighted by atomic mass is 16.5. The SMILES string of the molecule is CCCCCN(C)C(=O)c1cn(CC)c(=O)c2cc(OC)c(OC)cc12. The molecule has 0 atom stereocenters. The summed E-state index contributed by atoms with van der Waals surface area (Å²) in [7, 11) is 4.86.